The van der Waals surface area contributed by atoms with E-state index in [0.29, 0.717) is 17.1 Å². The minimum Gasteiger partial charge on any atom is -0.478 e. The van der Waals surface area contributed by atoms with Gasteiger partial charge < -0.3 is 9.67 Å². The SMILES string of the molecule is CCc1ccc2c(c1)C=C(C(=O)O)Cn1c-2c(C2CCCCC2)c2ccc(C(=O)NSN(C)C)cc21. The van der Waals surface area contributed by atoms with Crippen LogP contribution >= 0.6 is 12.1 Å². The van der Waals surface area contributed by atoms with Gasteiger partial charge in [0.15, 0.2) is 0 Å². The average molecular weight is 504 g/mol. The maximum absolute atomic E-state index is 12.9. The number of aromatic nitrogens is 1. The van der Waals surface area contributed by atoms with E-state index in [1.54, 1.807) is 0 Å². The standard InChI is InChI=1S/C29H33N3O3S/c1-4-18-10-12-23-21(14-18)15-22(29(34)35)17-32-25-16-20(28(33)30-36-31(2)3)11-13-24(25)26(27(23)32)19-8-6-5-7-9-19/h10-16,19H,4-9,17H2,1-3H3,(H,30,33)(H,34,35). The molecule has 6 nitrogen and oxygen atoms in total. The van der Waals surface area contributed by atoms with Gasteiger partial charge in [-0.25, -0.2) is 9.10 Å². The van der Waals surface area contributed by atoms with E-state index in [2.05, 4.69) is 40.5 Å². The first-order valence-electron chi connectivity index (χ1n) is 12.7. The Bertz CT molecular complexity index is 1370. The minimum absolute atomic E-state index is 0.166. The molecule has 1 amide bonds. The second kappa shape index (κ2) is 10.1. The molecular weight excluding hydrogens is 470 g/mol. The molecular formula is C29H33N3O3S. The van der Waals surface area contributed by atoms with Crippen molar-refractivity contribution in [3.63, 3.8) is 0 Å². The van der Waals surface area contributed by atoms with Gasteiger partial charge in [0.2, 0.25) is 0 Å². The highest BCUT2D eigenvalue weighted by Gasteiger charge is 2.30. The fourth-order valence-electron chi connectivity index (χ4n) is 5.67. The molecule has 36 heavy (non-hydrogen) atoms. The van der Waals surface area contributed by atoms with Crippen molar-refractivity contribution in [3.8, 4) is 11.3 Å². The molecule has 1 saturated carbocycles. The van der Waals surface area contributed by atoms with Crippen LogP contribution in [0.25, 0.3) is 28.2 Å². The number of hydrogen-bond donors (Lipinski definition) is 2. The fraction of sp³-hybridized carbons (Fsp3) is 0.379. The smallest absolute Gasteiger partial charge is 0.333 e. The van der Waals surface area contributed by atoms with Crippen molar-refractivity contribution in [1.82, 2.24) is 13.6 Å². The van der Waals surface area contributed by atoms with E-state index >= 15 is 0 Å². The van der Waals surface area contributed by atoms with E-state index in [-0.39, 0.29) is 12.5 Å². The number of carboxylic acid groups (broad SMARTS) is 1. The van der Waals surface area contributed by atoms with Gasteiger partial charge in [0, 0.05) is 34.2 Å². The zero-order valence-corrected chi connectivity index (χ0v) is 22.0. The van der Waals surface area contributed by atoms with E-state index in [4.69, 9.17) is 0 Å². The highest BCUT2D eigenvalue weighted by atomic mass is 32.2. The Kier molecular flexibility index (Phi) is 6.95. The third-order valence-corrected chi connectivity index (χ3v) is 8.05. The van der Waals surface area contributed by atoms with Crippen molar-refractivity contribution in [3.05, 3.63) is 64.2 Å². The Balaban J connectivity index is 1.76. The van der Waals surface area contributed by atoms with Gasteiger partial charge in [-0.2, -0.15) is 0 Å². The Morgan fingerprint density at radius 1 is 1.11 bits per heavy atom. The van der Waals surface area contributed by atoms with Crippen LogP contribution in [0.2, 0.25) is 0 Å². The number of hydrogen-bond acceptors (Lipinski definition) is 4. The number of aryl methyl sites for hydroxylation is 1. The lowest BCUT2D eigenvalue weighted by Gasteiger charge is -2.24. The van der Waals surface area contributed by atoms with Crippen LogP contribution in [-0.4, -0.2) is 40.0 Å². The summed E-state index contributed by atoms with van der Waals surface area (Å²) < 4.78 is 6.84. The van der Waals surface area contributed by atoms with Crippen LogP contribution in [0.4, 0.5) is 0 Å². The summed E-state index contributed by atoms with van der Waals surface area (Å²) in [6.07, 6.45) is 8.68. The predicted octanol–water partition coefficient (Wildman–Crippen LogP) is 6.25. The number of nitrogens with zero attached hydrogens (tertiary/aromatic N) is 2. The molecule has 0 atom stereocenters. The lowest BCUT2D eigenvalue weighted by atomic mass is 9.81. The number of fused-ring (bicyclic) bond motifs is 5. The molecule has 1 aromatic heterocycles. The van der Waals surface area contributed by atoms with Crippen LogP contribution < -0.4 is 4.72 Å². The highest BCUT2D eigenvalue weighted by molar-refractivity contribution is 7.95. The number of rotatable bonds is 6. The largest absolute Gasteiger partial charge is 0.478 e. The maximum Gasteiger partial charge on any atom is 0.333 e. The summed E-state index contributed by atoms with van der Waals surface area (Å²) in [7, 11) is 3.75. The minimum atomic E-state index is -0.909. The van der Waals surface area contributed by atoms with Gasteiger partial charge in [0.05, 0.1) is 17.8 Å². The second-order valence-electron chi connectivity index (χ2n) is 10.0. The lowest BCUT2D eigenvalue weighted by molar-refractivity contribution is -0.132. The van der Waals surface area contributed by atoms with E-state index in [1.165, 1.54) is 42.5 Å². The molecule has 3 aromatic rings. The van der Waals surface area contributed by atoms with Crippen molar-refractivity contribution in [2.24, 2.45) is 0 Å². The predicted molar refractivity (Wildman–Crippen MR) is 147 cm³/mol. The maximum atomic E-state index is 12.9. The van der Waals surface area contributed by atoms with E-state index in [0.717, 1.165) is 47.0 Å². The van der Waals surface area contributed by atoms with Gasteiger partial charge in [0.1, 0.15) is 0 Å². The number of carboxylic acids is 1. The van der Waals surface area contributed by atoms with Gasteiger partial charge in [-0.05, 0) is 74.2 Å². The van der Waals surface area contributed by atoms with Crippen molar-refractivity contribution >= 4 is 41.0 Å². The molecule has 2 N–H and O–H groups in total. The first kappa shape index (κ1) is 24.7. The number of aliphatic carboxylic acids is 1. The first-order chi connectivity index (χ1) is 17.4. The first-order valence-corrected chi connectivity index (χ1v) is 13.5. The van der Waals surface area contributed by atoms with Gasteiger partial charge in [0.25, 0.3) is 5.91 Å². The van der Waals surface area contributed by atoms with Crippen LogP contribution in [0.3, 0.4) is 0 Å². The summed E-state index contributed by atoms with van der Waals surface area (Å²) in [5.74, 6) is -0.652. The normalized spacial score (nSPS) is 15.8. The van der Waals surface area contributed by atoms with Crippen molar-refractivity contribution in [2.45, 2.75) is 57.9 Å². The van der Waals surface area contributed by atoms with Crippen LogP contribution in [0.1, 0.15) is 72.0 Å². The van der Waals surface area contributed by atoms with E-state index < -0.39 is 5.97 Å². The lowest BCUT2D eigenvalue weighted by Crippen LogP contribution is -2.20. The highest BCUT2D eigenvalue weighted by Crippen LogP contribution is 2.46. The molecule has 7 heteroatoms. The molecule has 0 bridgehead atoms. The number of amides is 1. The van der Waals surface area contributed by atoms with Crippen LogP contribution in [-0.2, 0) is 17.8 Å². The Morgan fingerprint density at radius 2 is 1.89 bits per heavy atom. The quantitative estimate of drug-likeness (QED) is 0.389. The molecule has 1 aliphatic carbocycles. The number of carbonyl (C=O) groups is 2. The molecule has 2 heterocycles. The van der Waals surface area contributed by atoms with Gasteiger partial charge in [-0.1, -0.05) is 50.5 Å². The summed E-state index contributed by atoms with van der Waals surface area (Å²) in [4.78, 5) is 25.2. The third-order valence-electron chi connectivity index (χ3n) is 7.41. The topological polar surface area (TPSA) is 74.6 Å². The van der Waals surface area contributed by atoms with Gasteiger partial charge in [-0.3, -0.25) is 9.52 Å². The molecule has 5 rings (SSSR count). The van der Waals surface area contributed by atoms with E-state index in [9.17, 15) is 14.7 Å². The summed E-state index contributed by atoms with van der Waals surface area (Å²) >= 11 is 1.24. The Labute approximate surface area is 216 Å². The van der Waals surface area contributed by atoms with Crippen LogP contribution in [0.15, 0.2) is 42.0 Å². The molecule has 2 aromatic carbocycles. The Morgan fingerprint density at radius 3 is 2.58 bits per heavy atom. The summed E-state index contributed by atoms with van der Waals surface area (Å²) in [6, 6.07) is 12.3. The number of carbonyl (C=O) groups excluding carboxylic acids is 1. The molecule has 188 valence electrons. The zero-order valence-electron chi connectivity index (χ0n) is 21.1. The van der Waals surface area contributed by atoms with Crippen LogP contribution in [0.5, 0.6) is 0 Å². The number of nitrogens with one attached hydrogen (secondary N) is 1. The van der Waals surface area contributed by atoms with Gasteiger partial charge in [-0.15, -0.1) is 0 Å². The van der Waals surface area contributed by atoms with Crippen molar-refractivity contribution in [1.29, 1.82) is 0 Å². The third kappa shape index (κ3) is 4.58. The molecule has 0 saturated heterocycles. The summed E-state index contributed by atoms with van der Waals surface area (Å²) in [5.41, 5.74) is 7.50. The molecule has 0 spiro atoms. The average Bonchev–Trinajstić information content (AvgIpc) is 3.09. The Hall–Kier alpha value is -3.03. The van der Waals surface area contributed by atoms with E-state index in [1.807, 2.05) is 36.6 Å². The van der Waals surface area contributed by atoms with Crippen molar-refractivity contribution in [2.75, 3.05) is 14.1 Å². The van der Waals surface area contributed by atoms with Crippen molar-refractivity contribution < 1.29 is 14.7 Å². The number of benzene rings is 2. The summed E-state index contributed by atoms with van der Waals surface area (Å²) in [5, 5.41) is 11.2. The van der Waals surface area contributed by atoms with Crippen LogP contribution in [0, 0.1) is 0 Å². The summed E-state index contributed by atoms with van der Waals surface area (Å²) in [6.45, 7) is 2.38. The second-order valence-corrected chi connectivity index (χ2v) is 11.1. The fourth-order valence-corrected chi connectivity index (χ4v) is 6.05. The molecule has 1 aliphatic heterocycles. The molecule has 1 fully saturated rings. The zero-order chi connectivity index (χ0) is 25.4. The molecule has 2 aliphatic rings. The van der Waals surface area contributed by atoms with Gasteiger partial charge >= 0.3 is 5.97 Å². The molecule has 0 radical (unpaired) electrons. The molecule has 0 unspecified atom stereocenters. The monoisotopic (exact) mass is 503 g/mol.